The number of nitrogens with one attached hydrogen (secondary N) is 1. The smallest absolute Gasteiger partial charge is 0.287 e. The molecule has 112 valence electrons. The van der Waals surface area contributed by atoms with E-state index in [9.17, 15) is 4.79 Å². The van der Waals surface area contributed by atoms with Gasteiger partial charge in [0.2, 0.25) is 0 Å². The molecule has 0 spiro atoms. The van der Waals surface area contributed by atoms with Crippen molar-refractivity contribution in [1.29, 1.82) is 0 Å². The van der Waals surface area contributed by atoms with Crippen LogP contribution in [-0.4, -0.2) is 43.7 Å². The van der Waals surface area contributed by atoms with Crippen molar-refractivity contribution in [3.05, 3.63) is 48.3 Å². The molecule has 0 saturated carbocycles. The highest BCUT2D eigenvalue weighted by Gasteiger charge is 2.25. The van der Waals surface area contributed by atoms with Gasteiger partial charge in [0.25, 0.3) is 5.91 Å². The highest BCUT2D eigenvalue weighted by molar-refractivity contribution is 5.91. The van der Waals surface area contributed by atoms with E-state index < -0.39 is 0 Å². The van der Waals surface area contributed by atoms with E-state index >= 15 is 0 Å². The maximum absolute atomic E-state index is 12.0. The third kappa shape index (κ3) is 3.34. The van der Waals surface area contributed by atoms with Crippen LogP contribution in [0, 0.1) is 0 Å². The van der Waals surface area contributed by atoms with Crippen LogP contribution in [0.25, 0.3) is 0 Å². The summed E-state index contributed by atoms with van der Waals surface area (Å²) in [4.78, 5) is 14.2. The standard InChI is InChI=1S/C15H18N2O4/c18-15(14-4-2-8-21-14)16-11-12(13-3-1-7-20-13)17-5-9-19-10-6-17/h1-4,7-8,12H,5-6,9-11H2,(H,16,18)/t12-/m0/s1. The zero-order valence-corrected chi connectivity index (χ0v) is 11.7. The molecule has 0 aliphatic carbocycles. The van der Waals surface area contributed by atoms with Gasteiger partial charge >= 0.3 is 0 Å². The number of morpholine rings is 1. The van der Waals surface area contributed by atoms with Crippen molar-refractivity contribution in [2.75, 3.05) is 32.8 Å². The third-order valence-corrected chi connectivity index (χ3v) is 3.56. The maximum atomic E-state index is 12.0. The number of amides is 1. The third-order valence-electron chi connectivity index (χ3n) is 3.56. The van der Waals surface area contributed by atoms with Gasteiger partial charge in [-0.1, -0.05) is 0 Å². The van der Waals surface area contributed by atoms with E-state index in [4.69, 9.17) is 13.6 Å². The highest BCUT2D eigenvalue weighted by atomic mass is 16.5. The Hall–Kier alpha value is -2.05. The molecule has 1 aliphatic heterocycles. The molecule has 1 aliphatic rings. The first kappa shape index (κ1) is 13.9. The van der Waals surface area contributed by atoms with Crippen molar-refractivity contribution in [3.8, 4) is 0 Å². The Morgan fingerprint density at radius 1 is 1.19 bits per heavy atom. The summed E-state index contributed by atoms with van der Waals surface area (Å²) in [5, 5.41) is 2.90. The second-order valence-electron chi connectivity index (χ2n) is 4.87. The molecule has 2 aromatic rings. The Labute approximate surface area is 122 Å². The lowest BCUT2D eigenvalue weighted by atomic mass is 10.1. The van der Waals surface area contributed by atoms with Crippen molar-refractivity contribution in [2.24, 2.45) is 0 Å². The molecule has 0 unspecified atom stereocenters. The van der Waals surface area contributed by atoms with Gasteiger partial charge < -0.3 is 18.9 Å². The molecule has 6 nitrogen and oxygen atoms in total. The van der Waals surface area contributed by atoms with E-state index in [0.29, 0.717) is 25.5 Å². The number of hydrogen-bond acceptors (Lipinski definition) is 5. The number of hydrogen-bond donors (Lipinski definition) is 1. The number of ether oxygens (including phenoxy) is 1. The van der Waals surface area contributed by atoms with Crippen LogP contribution in [0.15, 0.2) is 45.6 Å². The van der Waals surface area contributed by atoms with Crippen LogP contribution in [0.4, 0.5) is 0 Å². The van der Waals surface area contributed by atoms with Crippen LogP contribution in [0.1, 0.15) is 22.4 Å². The predicted octanol–water partition coefficient (Wildman–Crippen LogP) is 1.68. The molecule has 1 amide bonds. The van der Waals surface area contributed by atoms with E-state index in [0.717, 1.165) is 18.8 Å². The second kappa shape index (κ2) is 6.60. The second-order valence-corrected chi connectivity index (χ2v) is 4.87. The van der Waals surface area contributed by atoms with Gasteiger partial charge in [0.1, 0.15) is 5.76 Å². The minimum Gasteiger partial charge on any atom is -0.468 e. The minimum absolute atomic E-state index is 0.00260. The molecule has 0 aromatic carbocycles. The van der Waals surface area contributed by atoms with Crippen LogP contribution in [0.5, 0.6) is 0 Å². The Morgan fingerprint density at radius 2 is 1.95 bits per heavy atom. The summed E-state index contributed by atoms with van der Waals surface area (Å²) >= 11 is 0. The number of furan rings is 2. The molecule has 0 radical (unpaired) electrons. The largest absolute Gasteiger partial charge is 0.468 e. The van der Waals surface area contributed by atoms with Crippen LogP contribution in [0.3, 0.4) is 0 Å². The van der Waals surface area contributed by atoms with Gasteiger partial charge in [-0.15, -0.1) is 0 Å². The Morgan fingerprint density at radius 3 is 2.62 bits per heavy atom. The van der Waals surface area contributed by atoms with E-state index in [2.05, 4.69) is 10.2 Å². The van der Waals surface area contributed by atoms with Gasteiger partial charge in [-0.25, -0.2) is 0 Å². The Bertz CT molecular complexity index is 544. The average Bonchev–Trinajstić information content (AvgIpc) is 3.22. The number of nitrogens with zero attached hydrogens (tertiary/aromatic N) is 1. The van der Waals surface area contributed by atoms with Gasteiger partial charge in [0.05, 0.1) is 31.8 Å². The van der Waals surface area contributed by atoms with Crippen molar-refractivity contribution in [2.45, 2.75) is 6.04 Å². The van der Waals surface area contributed by atoms with E-state index in [1.54, 1.807) is 18.4 Å². The lowest BCUT2D eigenvalue weighted by Gasteiger charge is -2.33. The molecule has 21 heavy (non-hydrogen) atoms. The van der Waals surface area contributed by atoms with Crippen LogP contribution in [0.2, 0.25) is 0 Å². The lowest BCUT2D eigenvalue weighted by Crippen LogP contribution is -2.43. The molecule has 3 rings (SSSR count). The SMILES string of the molecule is O=C(NC[C@@H](c1ccco1)N1CCOCC1)c1ccco1. The summed E-state index contributed by atoms with van der Waals surface area (Å²) in [5.74, 6) is 0.941. The Balaban J connectivity index is 1.66. The first-order chi connectivity index (χ1) is 10.3. The topological polar surface area (TPSA) is 67.9 Å². The summed E-state index contributed by atoms with van der Waals surface area (Å²) < 4.78 is 16.0. The normalized spacial score (nSPS) is 17.5. The van der Waals surface area contributed by atoms with Crippen LogP contribution < -0.4 is 5.32 Å². The zero-order chi connectivity index (χ0) is 14.5. The molecule has 6 heteroatoms. The number of rotatable bonds is 5. The van der Waals surface area contributed by atoms with E-state index in [1.165, 1.54) is 6.26 Å². The molecule has 1 saturated heterocycles. The van der Waals surface area contributed by atoms with Crippen molar-refractivity contribution in [1.82, 2.24) is 10.2 Å². The summed E-state index contributed by atoms with van der Waals surface area (Å²) in [5.41, 5.74) is 0. The molecule has 3 heterocycles. The fraction of sp³-hybridized carbons (Fsp3) is 0.400. The number of carbonyl (C=O) groups is 1. The van der Waals surface area contributed by atoms with E-state index in [-0.39, 0.29) is 11.9 Å². The first-order valence-corrected chi connectivity index (χ1v) is 7.01. The molecule has 0 bridgehead atoms. The summed E-state index contributed by atoms with van der Waals surface area (Å²) in [7, 11) is 0. The van der Waals surface area contributed by atoms with Gasteiger partial charge in [-0.3, -0.25) is 9.69 Å². The molecule has 1 atom stereocenters. The van der Waals surface area contributed by atoms with Gasteiger partial charge in [-0.05, 0) is 24.3 Å². The minimum atomic E-state index is -0.218. The fourth-order valence-electron chi connectivity index (χ4n) is 2.46. The summed E-state index contributed by atoms with van der Waals surface area (Å²) in [6.07, 6.45) is 3.14. The highest BCUT2D eigenvalue weighted by Crippen LogP contribution is 2.21. The van der Waals surface area contributed by atoms with Crippen molar-refractivity contribution >= 4 is 5.91 Å². The molecule has 1 fully saturated rings. The molecule has 2 aromatic heterocycles. The fourth-order valence-corrected chi connectivity index (χ4v) is 2.46. The quantitative estimate of drug-likeness (QED) is 0.907. The van der Waals surface area contributed by atoms with Gasteiger partial charge in [-0.2, -0.15) is 0 Å². The molecular weight excluding hydrogens is 272 g/mol. The maximum Gasteiger partial charge on any atom is 0.287 e. The van der Waals surface area contributed by atoms with Crippen LogP contribution in [-0.2, 0) is 4.74 Å². The first-order valence-electron chi connectivity index (χ1n) is 7.01. The monoisotopic (exact) mass is 290 g/mol. The van der Waals surface area contributed by atoms with Gasteiger partial charge in [0, 0.05) is 19.6 Å². The summed E-state index contributed by atoms with van der Waals surface area (Å²) in [6, 6.07) is 7.13. The Kier molecular flexibility index (Phi) is 4.37. The predicted molar refractivity (Wildman–Crippen MR) is 74.9 cm³/mol. The van der Waals surface area contributed by atoms with Gasteiger partial charge in [0.15, 0.2) is 5.76 Å². The average molecular weight is 290 g/mol. The summed E-state index contributed by atoms with van der Waals surface area (Å²) in [6.45, 7) is 3.50. The molecule has 1 N–H and O–H groups in total. The van der Waals surface area contributed by atoms with Crippen molar-refractivity contribution in [3.63, 3.8) is 0 Å². The van der Waals surface area contributed by atoms with Crippen LogP contribution >= 0.6 is 0 Å². The van der Waals surface area contributed by atoms with Crippen molar-refractivity contribution < 1.29 is 18.4 Å². The van der Waals surface area contributed by atoms with E-state index in [1.807, 2.05) is 12.1 Å². The lowest BCUT2D eigenvalue weighted by molar-refractivity contribution is 0.0117. The molecular formula is C15H18N2O4. The zero-order valence-electron chi connectivity index (χ0n) is 11.7. The number of carbonyl (C=O) groups excluding carboxylic acids is 1.